The molecule has 7 heteroatoms. The topological polar surface area (TPSA) is 59.8 Å². The molecule has 0 unspecified atom stereocenters. The first kappa shape index (κ1) is 24.1. The number of hydrogen-bond acceptors (Lipinski definition) is 6. The third-order valence-corrected chi connectivity index (χ3v) is 5.65. The van der Waals surface area contributed by atoms with Crippen LogP contribution in [0.15, 0.2) is 53.1 Å². The summed E-state index contributed by atoms with van der Waals surface area (Å²) < 4.78 is 30.6. The van der Waals surface area contributed by atoms with Gasteiger partial charge in [0.15, 0.2) is 0 Å². The normalized spacial score (nSPS) is 15.1. The summed E-state index contributed by atoms with van der Waals surface area (Å²) in [5, 5.41) is 3.41. The highest BCUT2D eigenvalue weighted by Gasteiger charge is 2.21. The zero-order valence-electron chi connectivity index (χ0n) is 20.4. The largest absolute Gasteiger partial charge is 0.491 e. The minimum Gasteiger partial charge on any atom is -0.491 e. The number of benzene rings is 2. The van der Waals surface area contributed by atoms with Crippen molar-refractivity contribution < 1.29 is 18.3 Å². The molecule has 1 N–H and O–H groups in total. The quantitative estimate of drug-likeness (QED) is 0.408. The number of rotatable bonds is 9. The molecular weight excluding hydrogens is 433 g/mol. The van der Waals surface area contributed by atoms with Gasteiger partial charge in [0.1, 0.15) is 29.3 Å². The maximum Gasteiger partial charge on any atom is 0.295 e. The molecule has 2 heterocycles. The van der Waals surface area contributed by atoms with E-state index in [2.05, 4.69) is 27.3 Å². The van der Waals surface area contributed by atoms with Gasteiger partial charge in [-0.1, -0.05) is 0 Å². The van der Waals surface area contributed by atoms with Crippen molar-refractivity contribution in [3.8, 4) is 22.8 Å². The van der Waals surface area contributed by atoms with E-state index in [4.69, 9.17) is 13.9 Å². The Morgan fingerprint density at radius 1 is 1.00 bits per heavy atom. The first-order chi connectivity index (χ1) is 16.3. The van der Waals surface area contributed by atoms with Gasteiger partial charge in [-0.25, -0.2) is 4.39 Å². The van der Waals surface area contributed by atoms with Crippen molar-refractivity contribution in [2.24, 2.45) is 0 Å². The van der Waals surface area contributed by atoms with Crippen LogP contribution in [0.25, 0.3) is 11.3 Å². The Kier molecular flexibility index (Phi) is 7.73. The lowest BCUT2D eigenvalue weighted by atomic mass is 10.0. The smallest absolute Gasteiger partial charge is 0.295 e. The van der Waals surface area contributed by atoms with E-state index in [0.717, 1.165) is 49.5 Å². The molecule has 0 saturated carbocycles. The fraction of sp³-hybridized carbons (Fsp3) is 0.444. The molecule has 182 valence electrons. The summed E-state index contributed by atoms with van der Waals surface area (Å²) in [7, 11) is 0. The molecule has 6 nitrogen and oxygen atoms in total. The molecule has 1 saturated heterocycles. The summed E-state index contributed by atoms with van der Waals surface area (Å²) in [6.07, 6.45) is 3.82. The number of anilines is 1. The van der Waals surface area contributed by atoms with E-state index < -0.39 is 0 Å². The average Bonchev–Trinajstić information content (AvgIpc) is 3.23. The number of piperidine rings is 1. The van der Waals surface area contributed by atoms with Crippen molar-refractivity contribution in [3.63, 3.8) is 0 Å². The van der Waals surface area contributed by atoms with Gasteiger partial charge in [-0.05, 0) is 82.5 Å². The van der Waals surface area contributed by atoms with Crippen molar-refractivity contribution in [2.45, 2.75) is 65.3 Å². The summed E-state index contributed by atoms with van der Waals surface area (Å²) in [5.74, 6) is 1.43. The van der Waals surface area contributed by atoms with Crippen molar-refractivity contribution in [1.82, 2.24) is 9.88 Å². The van der Waals surface area contributed by atoms with E-state index in [-0.39, 0.29) is 18.0 Å². The Balaban J connectivity index is 1.32. The molecule has 34 heavy (non-hydrogen) atoms. The zero-order chi connectivity index (χ0) is 24.1. The average molecular weight is 468 g/mol. The molecular formula is C27H34FN3O3. The van der Waals surface area contributed by atoms with E-state index in [1.807, 2.05) is 33.8 Å². The van der Waals surface area contributed by atoms with Gasteiger partial charge in [0.2, 0.25) is 0 Å². The van der Waals surface area contributed by atoms with Gasteiger partial charge < -0.3 is 19.2 Å². The minimum atomic E-state index is -0.264. The minimum absolute atomic E-state index is 0.114. The molecule has 0 spiro atoms. The first-order valence-corrected chi connectivity index (χ1v) is 12.0. The molecule has 0 amide bonds. The fourth-order valence-corrected chi connectivity index (χ4v) is 4.16. The van der Waals surface area contributed by atoms with Gasteiger partial charge >= 0.3 is 0 Å². The molecule has 0 bridgehead atoms. The predicted molar refractivity (Wildman–Crippen MR) is 132 cm³/mol. The second kappa shape index (κ2) is 10.9. The van der Waals surface area contributed by atoms with Gasteiger partial charge in [0.05, 0.1) is 12.2 Å². The monoisotopic (exact) mass is 467 g/mol. The van der Waals surface area contributed by atoms with Crippen molar-refractivity contribution in [3.05, 3.63) is 60.1 Å². The molecule has 0 aliphatic carbocycles. The van der Waals surface area contributed by atoms with Crippen molar-refractivity contribution in [1.29, 1.82) is 0 Å². The van der Waals surface area contributed by atoms with Gasteiger partial charge in [-0.3, -0.25) is 4.90 Å². The first-order valence-electron chi connectivity index (χ1n) is 12.0. The molecule has 1 aliphatic rings. The highest BCUT2D eigenvalue weighted by molar-refractivity contribution is 5.59. The number of nitrogens with zero attached hydrogens (tertiary/aromatic N) is 2. The van der Waals surface area contributed by atoms with Gasteiger partial charge in [0, 0.05) is 37.3 Å². The Morgan fingerprint density at radius 2 is 1.62 bits per heavy atom. The number of oxazole rings is 1. The van der Waals surface area contributed by atoms with E-state index in [0.29, 0.717) is 17.8 Å². The number of aromatic nitrogens is 1. The van der Waals surface area contributed by atoms with Crippen LogP contribution in [0.2, 0.25) is 0 Å². The lowest BCUT2D eigenvalue weighted by Crippen LogP contribution is -2.38. The Labute approximate surface area is 201 Å². The molecule has 0 atom stereocenters. The summed E-state index contributed by atoms with van der Waals surface area (Å²) >= 11 is 0. The van der Waals surface area contributed by atoms with Crippen molar-refractivity contribution >= 4 is 6.01 Å². The van der Waals surface area contributed by atoms with Crippen LogP contribution in [-0.4, -0.2) is 41.2 Å². The summed E-state index contributed by atoms with van der Waals surface area (Å²) in [4.78, 5) is 6.97. The number of ether oxygens (including phenoxy) is 2. The van der Waals surface area contributed by atoms with Crippen LogP contribution in [0.4, 0.5) is 10.4 Å². The number of hydrogen-bond donors (Lipinski definition) is 1. The van der Waals surface area contributed by atoms with E-state index in [1.165, 1.54) is 17.7 Å². The van der Waals surface area contributed by atoms with Crippen LogP contribution in [0, 0.1) is 5.82 Å². The van der Waals surface area contributed by atoms with Crippen LogP contribution in [-0.2, 0) is 6.54 Å². The van der Waals surface area contributed by atoms with Crippen molar-refractivity contribution in [2.75, 3.05) is 18.4 Å². The number of nitrogens with one attached hydrogen (secondary N) is 1. The molecule has 0 radical (unpaired) electrons. The molecule has 2 aromatic carbocycles. The molecule has 1 fully saturated rings. The van der Waals surface area contributed by atoms with E-state index in [1.54, 1.807) is 18.4 Å². The second-order valence-corrected chi connectivity index (χ2v) is 9.39. The lowest BCUT2D eigenvalue weighted by Gasteiger charge is -2.32. The van der Waals surface area contributed by atoms with Crippen LogP contribution in [0.3, 0.4) is 0 Å². The number of halogens is 1. The fourth-order valence-electron chi connectivity index (χ4n) is 4.16. The maximum absolute atomic E-state index is 13.2. The summed E-state index contributed by atoms with van der Waals surface area (Å²) in [6, 6.07) is 13.3. The highest BCUT2D eigenvalue weighted by Crippen LogP contribution is 2.27. The second-order valence-electron chi connectivity index (χ2n) is 9.39. The molecule has 3 aromatic rings. The van der Waals surface area contributed by atoms with Crippen LogP contribution in [0.1, 0.15) is 46.1 Å². The van der Waals surface area contributed by atoms with Gasteiger partial charge in [0.25, 0.3) is 6.01 Å². The Hall–Kier alpha value is -3.06. The lowest BCUT2D eigenvalue weighted by molar-refractivity contribution is 0.206. The highest BCUT2D eigenvalue weighted by atomic mass is 19.1. The maximum atomic E-state index is 13.2. The third kappa shape index (κ3) is 6.73. The number of likely N-dealkylation sites (tertiary alicyclic amines) is 1. The Bertz CT molecular complexity index is 1030. The molecule has 1 aromatic heterocycles. The van der Waals surface area contributed by atoms with Crippen LogP contribution < -0.4 is 14.8 Å². The molecule has 1 aliphatic heterocycles. The Morgan fingerprint density at radius 3 is 2.21 bits per heavy atom. The van der Waals surface area contributed by atoms with Crippen LogP contribution >= 0.6 is 0 Å². The van der Waals surface area contributed by atoms with E-state index in [9.17, 15) is 4.39 Å². The predicted octanol–water partition coefficient (Wildman–Crippen LogP) is 6.13. The van der Waals surface area contributed by atoms with E-state index >= 15 is 0 Å². The molecule has 4 rings (SSSR count). The zero-order valence-corrected chi connectivity index (χ0v) is 20.4. The third-order valence-electron chi connectivity index (χ3n) is 5.65. The summed E-state index contributed by atoms with van der Waals surface area (Å²) in [5.41, 5.74) is 2.72. The SMILES string of the molecule is CC(C)Oc1cc(CN2CCC(Nc3nc(-c4ccc(F)cc4)co3)CC2)cc(OC(C)C)c1. The standard InChI is InChI=1S/C27H34FN3O3/c1-18(2)33-24-13-20(14-25(15-24)34-19(3)4)16-31-11-9-23(10-12-31)29-27-30-26(17-32-27)21-5-7-22(28)8-6-21/h5-8,13-15,17-19,23H,9-12,16H2,1-4H3,(H,29,30). The van der Waals surface area contributed by atoms with Gasteiger partial charge in [-0.2, -0.15) is 4.98 Å². The van der Waals surface area contributed by atoms with Gasteiger partial charge in [-0.15, -0.1) is 0 Å². The van der Waals surface area contributed by atoms with Crippen LogP contribution in [0.5, 0.6) is 11.5 Å². The summed E-state index contributed by atoms with van der Waals surface area (Å²) in [6.45, 7) is 10.9.